The third-order valence-electron chi connectivity index (χ3n) is 5.81. The number of hydrogen-bond donors (Lipinski definition) is 1. The normalized spacial score (nSPS) is 18.8. The van der Waals surface area contributed by atoms with Crippen molar-refractivity contribution >= 4 is 0 Å². The van der Waals surface area contributed by atoms with E-state index in [2.05, 4.69) is 28.1 Å². The molecule has 0 bridgehead atoms. The summed E-state index contributed by atoms with van der Waals surface area (Å²) in [5, 5.41) is 0. The fourth-order valence-corrected chi connectivity index (χ4v) is 4.35. The zero-order valence-electron chi connectivity index (χ0n) is 15.6. The lowest BCUT2D eigenvalue weighted by molar-refractivity contribution is 0.261. The molecule has 0 saturated carbocycles. The van der Waals surface area contributed by atoms with Crippen molar-refractivity contribution in [2.24, 2.45) is 0 Å². The van der Waals surface area contributed by atoms with Gasteiger partial charge in [0.05, 0.1) is 5.69 Å². The molecule has 4 nitrogen and oxygen atoms in total. The summed E-state index contributed by atoms with van der Waals surface area (Å²) in [6, 6.07) is 8.44. The van der Waals surface area contributed by atoms with Gasteiger partial charge in [-0.15, -0.1) is 0 Å². The highest BCUT2D eigenvalue weighted by atomic mass is 16.1. The molecule has 4 rings (SSSR count). The molecule has 2 aromatic rings. The molecule has 0 atom stereocenters. The Bertz CT molecular complexity index is 801. The van der Waals surface area contributed by atoms with Crippen molar-refractivity contribution in [2.75, 3.05) is 13.1 Å². The average Bonchev–Trinajstić information content (AvgIpc) is 3.16. The van der Waals surface area contributed by atoms with Gasteiger partial charge in [-0.1, -0.05) is 49.9 Å². The second-order valence-corrected chi connectivity index (χ2v) is 7.75. The van der Waals surface area contributed by atoms with Crippen LogP contribution in [0.2, 0.25) is 0 Å². The smallest absolute Gasteiger partial charge is 0.254 e. The minimum Gasteiger partial charge on any atom is -0.306 e. The van der Waals surface area contributed by atoms with E-state index in [1.807, 2.05) is 6.07 Å². The molecule has 4 heteroatoms. The topological polar surface area (TPSA) is 49.0 Å². The summed E-state index contributed by atoms with van der Waals surface area (Å²) < 4.78 is 0. The number of nitrogens with one attached hydrogen (secondary N) is 1. The van der Waals surface area contributed by atoms with E-state index >= 15 is 0 Å². The standard InChI is InChI=1S/C22H29N3O/c26-22-19-12-9-13-20(19)23-21(24-22)18-11-6-5-10-17(18)16-25-14-7-3-1-2-4-8-15-25/h5-6,10-11H,1-4,7-9,12-16H2,(H,23,24,26). The molecule has 0 spiro atoms. The Morgan fingerprint density at radius 2 is 1.65 bits per heavy atom. The lowest BCUT2D eigenvalue weighted by atomic mass is 10.1. The number of hydrogen-bond acceptors (Lipinski definition) is 3. The third-order valence-corrected chi connectivity index (χ3v) is 5.81. The maximum Gasteiger partial charge on any atom is 0.254 e. The van der Waals surface area contributed by atoms with E-state index in [4.69, 9.17) is 4.98 Å². The summed E-state index contributed by atoms with van der Waals surface area (Å²) in [5.74, 6) is 0.746. The molecule has 1 saturated heterocycles. The van der Waals surface area contributed by atoms with Gasteiger partial charge in [-0.25, -0.2) is 4.98 Å². The molecule has 0 unspecified atom stereocenters. The van der Waals surface area contributed by atoms with Crippen molar-refractivity contribution in [1.82, 2.24) is 14.9 Å². The maximum atomic E-state index is 12.4. The summed E-state index contributed by atoms with van der Waals surface area (Å²) in [6.45, 7) is 3.28. The number of rotatable bonds is 3. The van der Waals surface area contributed by atoms with Crippen LogP contribution in [0.25, 0.3) is 11.4 Å². The molecule has 1 aliphatic heterocycles. The second-order valence-electron chi connectivity index (χ2n) is 7.75. The van der Waals surface area contributed by atoms with Gasteiger partial charge >= 0.3 is 0 Å². The van der Waals surface area contributed by atoms with Crippen molar-refractivity contribution in [3.8, 4) is 11.4 Å². The molecule has 138 valence electrons. The zero-order valence-corrected chi connectivity index (χ0v) is 15.6. The Hall–Kier alpha value is -1.94. The zero-order chi connectivity index (χ0) is 17.8. The van der Waals surface area contributed by atoms with Crippen molar-refractivity contribution in [3.63, 3.8) is 0 Å². The molecule has 1 aromatic carbocycles. The predicted octanol–water partition coefficient (Wildman–Crippen LogP) is 4.08. The number of fused-ring (bicyclic) bond motifs is 1. The summed E-state index contributed by atoms with van der Waals surface area (Å²) in [5.41, 5.74) is 4.31. The van der Waals surface area contributed by atoms with E-state index in [-0.39, 0.29) is 5.56 Å². The molecular weight excluding hydrogens is 322 g/mol. The first kappa shape index (κ1) is 17.5. The van der Waals surface area contributed by atoms with Crippen molar-refractivity contribution in [2.45, 2.75) is 64.3 Å². The van der Waals surface area contributed by atoms with Crippen LogP contribution < -0.4 is 5.56 Å². The molecule has 1 aromatic heterocycles. The Balaban J connectivity index is 1.61. The van der Waals surface area contributed by atoms with Gasteiger partial charge in [-0.05, 0) is 50.8 Å². The molecular formula is C22H29N3O. The molecule has 1 aliphatic carbocycles. The SMILES string of the molecule is O=c1[nH]c(-c2ccccc2CN2CCCCCCCC2)nc2c1CCC2. The van der Waals surface area contributed by atoms with Crippen molar-refractivity contribution < 1.29 is 0 Å². The first-order chi connectivity index (χ1) is 12.8. The van der Waals surface area contributed by atoms with E-state index in [1.165, 1.54) is 57.2 Å². The van der Waals surface area contributed by atoms with Gasteiger partial charge in [0, 0.05) is 17.7 Å². The Kier molecular flexibility index (Phi) is 5.49. The molecule has 1 fully saturated rings. The number of nitrogens with zero attached hydrogens (tertiary/aromatic N) is 2. The van der Waals surface area contributed by atoms with Gasteiger partial charge in [0.2, 0.25) is 0 Å². The number of H-pyrrole nitrogens is 1. The Morgan fingerprint density at radius 3 is 2.46 bits per heavy atom. The Labute approximate surface area is 155 Å². The van der Waals surface area contributed by atoms with Crippen molar-refractivity contribution in [3.05, 3.63) is 51.4 Å². The number of aromatic amines is 1. The monoisotopic (exact) mass is 351 g/mol. The summed E-state index contributed by atoms with van der Waals surface area (Å²) in [6.07, 6.45) is 10.9. The largest absolute Gasteiger partial charge is 0.306 e. The van der Waals surface area contributed by atoms with Crippen LogP contribution in [0.15, 0.2) is 29.1 Å². The summed E-state index contributed by atoms with van der Waals surface area (Å²) in [7, 11) is 0. The molecule has 1 N–H and O–H groups in total. The van der Waals surface area contributed by atoms with Crippen LogP contribution in [0.1, 0.15) is 61.8 Å². The lowest BCUT2D eigenvalue weighted by Gasteiger charge is -2.23. The van der Waals surface area contributed by atoms with Crippen LogP contribution in [0.5, 0.6) is 0 Å². The van der Waals surface area contributed by atoms with E-state index in [9.17, 15) is 4.79 Å². The minimum atomic E-state index is 0.0556. The van der Waals surface area contributed by atoms with E-state index < -0.39 is 0 Å². The highest BCUT2D eigenvalue weighted by Crippen LogP contribution is 2.24. The molecule has 0 amide bonds. The number of aromatic nitrogens is 2. The van der Waals surface area contributed by atoms with E-state index in [1.54, 1.807) is 0 Å². The van der Waals surface area contributed by atoms with Gasteiger partial charge in [0.1, 0.15) is 5.82 Å². The molecule has 2 heterocycles. The highest BCUT2D eigenvalue weighted by Gasteiger charge is 2.19. The van der Waals surface area contributed by atoms with Crippen LogP contribution in [0, 0.1) is 0 Å². The number of benzene rings is 1. The molecule has 0 radical (unpaired) electrons. The maximum absolute atomic E-state index is 12.4. The van der Waals surface area contributed by atoms with Crippen molar-refractivity contribution in [1.29, 1.82) is 0 Å². The van der Waals surface area contributed by atoms with Crippen LogP contribution in [-0.4, -0.2) is 28.0 Å². The fraction of sp³-hybridized carbons (Fsp3) is 0.545. The van der Waals surface area contributed by atoms with Gasteiger partial charge in [0.25, 0.3) is 5.56 Å². The third kappa shape index (κ3) is 3.90. The lowest BCUT2D eigenvalue weighted by Crippen LogP contribution is -2.26. The minimum absolute atomic E-state index is 0.0556. The van der Waals surface area contributed by atoms with Crippen LogP contribution >= 0.6 is 0 Å². The molecule has 26 heavy (non-hydrogen) atoms. The van der Waals surface area contributed by atoms with E-state index in [0.29, 0.717) is 0 Å². The van der Waals surface area contributed by atoms with Gasteiger partial charge in [-0.2, -0.15) is 0 Å². The first-order valence-electron chi connectivity index (χ1n) is 10.2. The number of aryl methyl sites for hydroxylation is 1. The summed E-state index contributed by atoms with van der Waals surface area (Å²) in [4.78, 5) is 22.9. The van der Waals surface area contributed by atoms with Crippen LogP contribution in [0.4, 0.5) is 0 Å². The van der Waals surface area contributed by atoms with Gasteiger partial charge in [-0.3, -0.25) is 9.69 Å². The fourth-order valence-electron chi connectivity index (χ4n) is 4.35. The van der Waals surface area contributed by atoms with Gasteiger partial charge < -0.3 is 4.98 Å². The first-order valence-corrected chi connectivity index (χ1v) is 10.2. The molecule has 2 aliphatic rings. The quantitative estimate of drug-likeness (QED) is 0.906. The second kappa shape index (κ2) is 8.17. The van der Waals surface area contributed by atoms with E-state index in [0.717, 1.165) is 48.5 Å². The summed E-state index contributed by atoms with van der Waals surface area (Å²) >= 11 is 0. The van der Waals surface area contributed by atoms with Crippen LogP contribution in [-0.2, 0) is 19.4 Å². The van der Waals surface area contributed by atoms with Crippen LogP contribution in [0.3, 0.4) is 0 Å². The predicted molar refractivity (Wildman–Crippen MR) is 105 cm³/mol. The highest BCUT2D eigenvalue weighted by molar-refractivity contribution is 5.60. The van der Waals surface area contributed by atoms with Gasteiger partial charge in [0.15, 0.2) is 0 Å². The Morgan fingerprint density at radius 1 is 0.923 bits per heavy atom. The average molecular weight is 351 g/mol.